The summed E-state index contributed by atoms with van der Waals surface area (Å²) in [6.07, 6.45) is -2.99. The van der Waals surface area contributed by atoms with Gasteiger partial charge in [0.25, 0.3) is 5.82 Å². The molecule has 136 valence electrons. The van der Waals surface area contributed by atoms with Gasteiger partial charge in [0.05, 0.1) is 11.7 Å². The van der Waals surface area contributed by atoms with Crippen molar-refractivity contribution < 1.29 is 13.2 Å². The first-order valence-corrected chi connectivity index (χ1v) is 8.04. The summed E-state index contributed by atoms with van der Waals surface area (Å²) in [6.45, 7) is 0. The van der Waals surface area contributed by atoms with Crippen molar-refractivity contribution in [3.63, 3.8) is 0 Å². The number of fused-ring (bicyclic) bond motifs is 1. The maximum atomic E-state index is 13.1. The number of benzene rings is 1. The lowest BCUT2D eigenvalue weighted by Crippen LogP contribution is -2.17. The van der Waals surface area contributed by atoms with E-state index in [0.29, 0.717) is 10.2 Å². The Morgan fingerprint density at radius 1 is 0.889 bits per heavy atom. The molecule has 0 fully saturated rings. The third-order valence-corrected chi connectivity index (χ3v) is 3.93. The first-order valence-electron chi connectivity index (χ1n) is 8.04. The van der Waals surface area contributed by atoms with Crippen LogP contribution in [0.15, 0.2) is 66.9 Å². The van der Waals surface area contributed by atoms with E-state index in [9.17, 15) is 13.2 Å². The van der Waals surface area contributed by atoms with Crippen molar-refractivity contribution in [1.29, 1.82) is 0 Å². The molecule has 3 aromatic heterocycles. The lowest BCUT2D eigenvalue weighted by atomic mass is 10.0. The number of hydrogen-bond donors (Lipinski definition) is 1. The molecule has 1 atom stereocenters. The lowest BCUT2D eigenvalue weighted by Gasteiger charge is -2.19. The number of alkyl halides is 3. The Morgan fingerprint density at radius 3 is 2.37 bits per heavy atom. The molecule has 4 aromatic rings. The van der Waals surface area contributed by atoms with E-state index in [0.717, 1.165) is 5.56 Å². The summed E-state index contributed by atoms with van der Waals surface area (Å²) in [7, 11) is 0. The summed E-state index contributed by atoms with van der Waals surface area (Å²) in [5.41, 5.74) is 1.63. The van der Waals surface area contributed by atoms with E-state index in [1.165, 1.54) is 6.07 Å². The molecule has 3 heterocycles. The second-order valence-electron chi connectivity index (χ2n) is 5.75. The molecule has 0 radical (unpaired) electrons. The Balaban J connectivity index is 1.75. The van der Waals surface area contributed by atoms with Gasteiger partial charge in [-0.1, -0.05) is 36.4 Å². The molecule has 1 N–H and O–H groups in total. The Hall–Kier alpha value is -3.49. The molecule has 0 spiro atoms. The molecular weight excluding hydrogens is 357 g/mol. The zero-order valence-electron chi connectivity index (χ0n) is 13.8. The van der Waals surface area contributed by atoms with E-state index in [1.54, 1.807) is 18.3 Å². The second-order valence-corrected chi connectivity index (χ2v) is 5.75. The molecule has 0 saturated heterocycles. The Morgan fingerprint density at radius 2 is 1.67 bits per heavy atom. The zero-order chi connectivity index (χ0) is 18.9. The summed E-state index contributed by atoms with van der Waals surface area (Å²) >= 11 is 0. The fourth-order valence-corrected chi connectivity index (χ4v) is 2.71. The average molecular weight is 370 g/mol. The minimum Gasteiger partial charge on any atom is -0.356 e. The van der Waals surface area contributed by atoms with Crippen LogP contribution in [0.4, 0.5) is 19.0 Å². The number of aromatic nitrogens is 5. The van der Waals surface area contributed by atoms with Gasteiger partial charge in [0, 0.05) is 6.20 Å². The average Bonchev–Trinajstić information content (AvgIpc) is 3.11. The summed E-state index contributed by atoms with van der Waals surface area (Å²) in [5.74, 6) is -0.928. The quantitative estimate of drug-likeness (QED) is 0.593. The van der Waals surface area contributed by atoms with Gasteiger partial charge in [-0.2, -0.15) is 17.7 Å². The normalized spacial score (nSPS) is 12.9. The molecule has 0 aliphatic rings. The largest absolute Gasteiger partial charge is 0.453 e. The van der Waals surface area contributed by atoms with Gasteiger partial charge in [-0.15, -0.1) is 15.3 Å². The van der Waals surface area contributed by atoms with Crippen LogP contribution >= 0.6 is 0 Å². The number of hydrogen-bond acceptors (Lipinski definition) is 5. The zero-order valence-corrected chi connectivity index (χ0v) is 13.8. The van der Waals surface area contributed by atoms with E-state index in [4.69, 9.17) is 0 Å². The van der Waals surface area contributed by atoms with Crippen LogP contribution in [-0.2, 0) is 6.18 Å². The molecule has 6 nitrogen and oxygen atoms in total. The van der Waals surface area contributed by atoms with Crippen LogP contribution in [0.3, 0.4) is 0 Å². The molecule has 0 saturated carbocycles. The third-order valence-electron chi connectivity index (χ3n) is 3.93. The molecular formula is C18H13F3N6. The van der Waals surface area contributed by atoms with E-state index in [2.05, 4.69) is 25.6 Å². The SMILES string of the molecule is FC(F)(F)c1nnc2ccc(N[C@H](c3ccccc3)c3ccccn3)nn12. The predicted octanol–water partition coefficient (Wildman–Crippen LogP) is 3.74. The van der Waals surface area contributed by atoms with Crippen LogP contribution in [0.1, 0.15) is 23.1 Å². The van der Waals surface area contributed by atoms with Crippen molar-refractivity contribution in [3.05, 3.63) is 83.9 Å². The maximum absolute atomic E-state index is 13.1. The maximum Gasteiger partial charge on any atom is 0.453 e. The number of anilines is 1. The molecule has 4 rings (SSSR count). The van der Waals surface area contributed by atoms with Crippen molar-refractivity contribution in [2.45, 2.75) is 12.2 Å². The smallest absolute Gasteiger partial charge is 0.356 e. The summed E-state index contributed by atoms with van der Waals surface area (Å²) in [6, 6.07) is 17.5. The van der Waals surface area contributed by atoms with Crippen LogP contribution in [0, 0.1) is 0 Å². The van der Waals surface area contributed by atoms with E-state index < -0.39 is 12.0 Å². The highest BCUT2D eigenvalue weighted by Crippen LogP contribution is 2.28. The van der Waals surface area contributed by atoms with Crippen molar-refractivity contribution in [1.82, 2.24) is 24.8 Å². The fraction of sp³-hybridized carbons (Fsp3) is 0.111. The molecule has 0 amide bonds. The highest BCUT2D eigenvalue weighted by molar-refractivity contribution is 5.47. The first kappa shape index (κ1) is 17.0. The predicted molar refractivity (Wildman–Crippen MR) is 91.9 cm³/mol. The minimum atomic E-state index is -4.65. The summed E-state index contributed by atoms with van der Waals surface area (Å²) < 4.78 is 39.9. The molecule has 0 aliphatic carbocycles. The van der Waals surface area contributed by atoms with Crippen molar-refractivity contribution in [3.8, 4) is 0 Å². The Kier molecular flexibility index (Phi) is 4.19. The highest BCUT2D eigenvalue weighted by Gasteiger charge is 2.37. The van der Waals surface area contributed by atoms with Crippen molar-refractivity contribution in [2.75, 3.05) is 5.32 Å². The molecule has 0 bridgehead atoms. The van der Waals surface area contributed by atoms with Gasteiger partial charge in [0.2, 0.25) is 0 Å². The van der Waals surface area contributed by atoms with Gasteiger partial charge >= 0.3 is 6.18 Å². The number of rotatable bonds is 4. The van der Waals surface area contributed by atoms with Crippen LogP contribution in [0.2, 0.25) is 0 Å². The highest BCUT2D eigenvalue weighted by atomic mass is 19.4. The fourth-order valence-electron chi connectivity index (χ4n) is 2.71. The Bertz CT molecular complexity index is 1010. The van der Waals surface area contributed by atoms with Crippen molar-refractivity contribution in [2.24, 2.45) is 0 Å². The molecule has 9 heteroatoms. The second kappa shape index (κ2) is 6.67. The molecule has 1 aromatic carbocycles. The molecule has 0 unspecified atom stereocenters. The molecule has 0 aliphatic heterocycles. The van der Waals surface area contributed by atoms with Gasteiger partial charge in [-0.25, -0.2) is 0 Å². The lowest BCUT2D eigenvalue weighted by molar-refractivity contribution is -0.146. The van der Waals surface area contributed by atoms with Crippen LogP contribution in [0.25, 0.3) is 5.65 Å². The van der Waals surface area contributed by atoms with Gasteiger partial charge < -0.3 is 5.32 Å². The van der Waals surface area contributed by atoms with E-state index in [-0.39, 0.29) is 17.5 Å². The van der Waals surface area contributed by atoms with Crippen LogP contribution in [-0.4, -0.2) is 24.8 Å². The van der Waals surface area contributed by atoms with Crippen LogP contribution < -0.4 is 5.32 Å². The van der Waals surface area contributed by atoms with Gasteiger partial charge in [-0.3, -0.25) is 4.98 Å². The van der Waals surface area contributed by atoms with Gasteiger partial charge in [-0.05, 0) is 29.8 Å². The minimum absolute atomic E-state index is 0.0157. The van der Waals surface area contributed by atoms with Crippen LogP contribution in [0.5, 0.6) is 0 Å². The van der Waals surface area contributed by atoms with E-state index in [1.807, 2.05) is 42.5 Å². The standard InChI is InChI=1S/C18H13F3N6/c19-18(20,21)17-25-24-15-10-9-14(26-27(15)17)23-16(12-6-2-1-3-7-12)13-8-4-5-11-22-13/h1-11,16H,(H,23,26)/t16-/m1/s1. The topological polar surface area (TPSA) is 68.0 Å². The monoisotopic (exact) mass is 370 g/mol. The summed E-state index contributed by atoms with van der Waals surface area (Å²) in [5, 5.41) is 13.9. The van der Waals surface area contributed by atoms with Gasteiger partial charge in [0.1, 0.15) is 5.82 Å². The molecule has 27 heavy (non-hydrogen) atoms. The number of nitrogens with one attached hydrogen (secondary N) is 1. The Labute approximate surface area is 151 Å². The number of nitrogens with zero attached hydrogens (tertiary/aromatic N) is 5. The van der Waals surface area contributed by atoms with Gasteiger partial charge in [0.15, 0.2) is 5.65 Å². The number of pyridine rings is 1. The number of halogens is 3. The van der Waals surface area contributed by atoms with E-state index >= 15 is 0 Å². The third kappa shape index (κ3) is 3.43. The summed E-state index contributed by atoms with van der Waals surface area (Å²) in [4.78, 5) is 4.36. The van der Waals surface area contributed by atoms with Crippen molar-refractivity contribution >= 4 is 11.5 Å². The first-order chi connectivity index (χ1) is 13.0.